The Morgan fingerprint density at radius 3 is 2.52 bits per heavy atom. The summed E-state index contributed by atoms with van der Waals surface area (Å²) in [5.74, 6) is 1.39. The predicted molar refractivity (Wildman–Crippen MR) is 121 cm³/mol. The van der Waals surface area contributed by atoms with Crippen LogP contribution in [0.3, 0.4) is 0 Å². The van der Waals surface area contributed by atoms with Crippen LogP contribution >= 0.6 is 11.3 Å². The Labute approximate surface area is 178 Å². The molecule has 0 aliphatic carbocycles. The van der Waals surface area contributed by atoms with Gasteiger partial charge in [-0.25, -0.2) is 0 Å². The van der Waals surface area contributed by atoms with E-state index in [-0.39, 0.29) is 6.61 Å². The summed E-state index contributed by atoms with van der Waals surface area (Å²) in [6.45, 7) is 5.48. The van der Waals surface area contributed by atoms with E-state index in [1.165, 1.54) is 16.0 Å². The van der Waals surface area contributed by atoms with Gasteiger partial charge in [0.2, 0.25) is 0 Å². The molecule has 1 atom stereocenters. The van der Waals surface area contributed by atoms with Gasteiger partial charge in [-0.3, -0.25) is 0 Å². The lowest BCUT2D eigenvalue weighted by atomic mass is 9.94. The molecule has 3 rings (SSSR count). The molecule has 0 amide bonds. The van der Waals surface area contributed by atoms with E-state index in [1.807, 2.05) is 18.2 Å². The summed E-state index contributed by atoms with van der Waals surface area (Å²) in [6, 6.07) is 18.8. The Hall–Kier alpha value is -2.14. The van der Waals surface area contributed by atoms with Crippen molar-refractivity contribution < 1.29 is 9.84 Å². The lowest BCUT2D eigenvalue weighted by Crippen LogP contribution is -2.04. The van der Waals surface area contributed by atoms with Crippen LogP contribution in [0.25, 0.3) is 0 Å². The van der Waals surface area contributed by atoms with Gasteiger partial charge in [-0.15, -0.1) is 11.3 Å². The van der Waals surface area contributed by atoms with E-state index >= 15 is 0 Å². The van der Waals surface area contributed by atoms with Gasteiger partial charge in [-0.1, -0.05) is 49.4 Å². The highest BCUT2D eigenvalue weighted by molar-refractivity contribution is 7.12. The molecule has 1 unspecified atom stereocenters. The topological polar surface area (TPSA) is 55.5 Å². The Morgan fingerprint density at radius 2 is 1.86 bits per heavy atom. The highest BCUT2D eigenvalue weighted by Gasteiger charge is 2.15. The maximum atomic E-state index is 9.48. The van der Waals surface area contributed by atoms with Crippen molar-refractivity contribution in [2.45, 2.75) is 58.8 Å². The quantitative estimate of drug-likeness (QED) is 0.451. The standard InChI is InChI=1S/C25H31NO2S/c1-3-21(24-13-18(2)25(16-27)29-24)11-9-19-10-12-23(22(14-19)15-26)28-17-20-7-5-4-6-8-20/h4-8,10,12-14,21,27H,3,9,11,15-17,26H2,1-2H3. The minimum absolute atomic E-state index is 0.136. The van der Waals surface area contributed by atoms with E-state index in [0.29, 0.717) is 19.1 Å². The molecule has 0 saturated carbocycles. The number of nitrogens with two attached hydrogens (primary N) is 1. The zero-order valence-electron chi connectivity index (χ0n) is 17.4. The number of aliphatic hydroxyl groups excluding tert-OH is 1. The van der Waals surface area contributed by atoms with Crippen LogP contribution in [0.15, 0.2) is 54.6 Å². The average Bonchev–Trinajstić information content (AvgIpc) is 3.14. The van der Waals surface area contributed by atoms with Gasteiger partial charge in [-0.2, -0.15) is 0 Å². The van der Waals surface area contributed by atoms with E-state index in [2.05, 4.69) is 50.2 Å². The molecule has 0 aliphatic heterocycles. The number of aryl methyl sites for hydroxylation is 2. The lowest BCUT2D eigenvalue weighted by molar-refractivity contribution is 0.285. The van der Waals surface area contributed by atoms with Crippen molar-refractivity contribution in [1.29, 1.82) is 0 Å². The predicted octanol–water partition coefficient (Wildman–Crippen LogP) is 5.71. The highest BCUT2D eigenvalue weighted by atomic mass is 32.1. The molecule has 1 heterocycles. The molecular formula is C25H31NO2S. The number of benzene rings is 2. The molecule has 2 aromatic carbocycles. The SMILES string of the molecule is CCC(CCc1ccc(OCc2ccccc2)c(CN)c1)c1cc(C)c(CO)s1. The summed E-state index contributed by atoms with van der Waals surface area (Å²) in [6.07, 6.45) is 3.21. The summed E-state index contributed by atoms with van der Waals surface area (Å²) in [7, 11) is 0. The molecule has 154 valence electrons. The van der Waals surface area contributed by atoms with Crippen LogP contribution in [0.1, 0.15) is 57.7 Å². The Morgan fingerprint density at radius 1 is 1.07 bits per heavy atom. The second-order valence-corrected chi connectivity index (χ2v) is 8.65. The van der Waals surface area contributed by atoms with Crippen LogP contribution < -0.4 is 10.5 Å². The van der Waals surface area contributed by atoms with Crippen LogP contribution in [-0.2, 0) is 26.2 Å². The van der Waals surface area contributed by atoms with Crippen LogP contribution in [-0.4, -0.2) is 5.11 Å². The number of aliphatic hydroxyl groups is 1. The van der Waals surface area contributed by atoms with Crippen LogP contribution in [0, 0.1) is 6.92 Å². The largest absolute Gasteiger partial charge is 0.489 e. The number of hydrogen-bond acceptors (Lipinski definition) is 4. The normalized spacial score (nSPS) is 12.1. The molecule has 0 radical (unpaired) electrons. The summed E-state index contributed by atoms with van der Waals surface area (Å²) in [5.41, 5.74) is 10.7. The molecule has 0 spiro atoms. The fourth-order valence-corrected chi connectivity index (χ4v) is 4.87. The molecule has 0 bridgehead atoms. The van der Waals surface area contributed by atoms with Crippen molar-refractivity contribution in [1.82, 2.24) is 0 Å². The fourth-order valence-electron chi connectivity index (χ4n) is 3.62. The Bertz CT molecular complexity index is 904. The van der Waals surface area contributed by atoms with Gasteiger partial charge in [-0.05, 0) is 60.9 Å². The van der Waals surface area contributed by atoms with Gasteiger partial charge in [0, 0.05) is 21.9 Å². The zero-order chi connectivity index (χ0) is 20.6. The molecule has 0 saturated heterocycles. The molecule has 3 N–H and O–H groups in total. The minimum atomic E-state index is 0.136. The molecule has 3 nitrogen and oxygen atoms in total. The first-order valence-electron chi connectivity index (χ1n) is 10.3. The Balaban J connectivity index is 1.64. The average molecular weight is 410 g/mol. The fraction of sp³-hybridized carbons (Fsp3) is 0.360. The van der Waals surface area contributed by atoms with Crippen LogP contribution in [0.2, 0.25) is 0 Å². The van der Waals surface area contributed by atoms with E-state index in [4.69, 9.17) is 10.5 Å². The van der Waals surface area contributed by atoms with Crippen LogP contribution in [0.4, 0.5) is 0 Å². The summed E-state index contributed by atoms with van der Waals surface area (Å²) in [5, 5.41) is 9.48. The third-order valence-electron chi connectivity index (χ3n) is 5.44. The maximum absolute atomic E-state index is 9.48. The third-order valence-corrected chi connectivity index (χ3v) is 6.83. The van der Waals surface area contributed by atoms with E-state index < -0.39 is 0 Å². The maximum Gasteiger partial charge on any atom is 0.124 e. The van der Waals surface area contributed by atoms with Crippen molar-refractivity contribution in [3.63, 3.8) is 0 Å². The summed E-state index contributed by atoms with van der Waals surface area (Å²) < 4.78 is 6.01. The number of ether oxygens (including phenoxy) is 1. The Kier molecular flexibility index (Phi) is 7.87. The first-order valence-corrected chi connectivity index (χ1v) is 11.1. The van der Waals surface area contributed by atoms with Crippen molar-refractivity contribution in [3.05, 3.63) is 86.6 Å². The van der Waals surface area contributed by atoms with Crippen molar-refractivity contribution >= 4 is 11.3 Å². The second kappa shape index (κ2) is 10.6. The van der Waals surface area contributed by atoms with Gasteiger partial charge in [0.05, 0.1) is 6.61 Å². The zero-order valence-corrected chi connectivity index (χ0v) is 18.2. The summed E-state index contributed by atoms with van der Waals surface area (Å²) in [4.78, 5) is 2.47. The molecule has 1 aromatic heterocycles. The third kappa shape index (κ3) is 5.69. The van der Waals surface area contributed by atoms with Gasteiger partial charge in [0.1, 0.15) is 12.4 Å². The first-order chi connectivity index (χ1) is 14.1. The van der Waals surface area contributed by atoms with Gasteiger partial charge >= 0.3 is 0 Å². The lowest BCUT2D eigenvalue weighted by Gasteiger charge is -2.15. The molecule has 4 heteroatoms. The first kappa shape index (κ1) is 21.6. The van der Waals surface area contributed by atoms with E-state index in [0.717, 1.165) is 41.0 Å². The highest BCUT2D eigenvalue weighted by Crippen LogP contribution is 2.34. The van der Waals surface area contributed by atoms with Crippen molar-refractivity contribution in [2.24, 2.45) is 5.73 Å². The molecule has 29 heavy (non-hydrogen) atoms. The monoisotopic (exact) mass is 409 g/mol. The molecular weight excluding hydrogens is 378 g/mol. The van der Waals surface area contributed by atoms with Gasteiger partial charge in [0.15, 0.2) is 0 Å². The number of hydrogen-bond donors (Lipinski definition) is 2. The van der Waals surface area contributed by atoms with Crippen LogP contribution in [0.5, 0.6) is 5.75 Å². The van der Waals surface area contributed by atoms with E-state index in [1.54, 1.807) is 11.3 Å². The van der Waals surface area contributed by atoms with E-state index in [9.17, 15) is 5.11 Å². The number of thiophene rings is 1. The smallest absolute Gasteiger partial charge is 0.124 e. The molecule has 3 aromatic rings. The minimum Gasteiger partial charge on any atom is -0.489 e. The van der Waals surface area contributed by atoms with Crippen molar-refractivity contribution in [2.75, 3.05) is 0 Å². The summed E-state index contributed by atoms with van der Waals surface area (Å²) >= 11 is 1.75. The van der Waals surface area contributed by atoms with Gasteiger partial charge in [0.25, 0.3) is 0 Å². The second-order valence-electron chi connectivity index (χ2n) is 7.48. The molecule has 0 fully saturated rings. The number of rotatable bonds is 10. The molecule has 0 aliphatic rings. The van der Waals surface area contributed by atoms with Gasteiger partial charge < -0.3 is 15.6 Å². The van der Waals surface area contributed by atoms with Crippen molar-refractivity contribution in [3.8, 4) is 5.75 Å².